The van der Waals surface area contributed by atoms with Crippen molar-refractivity contribution in [1.82, 2.24) is 0 Å². The first-order valence-electron chi connectivity index (χ1n) is 4.17. The topological polar surface area (TPSA) is 0 Å². The number of allylic oxidation sites excluding steroid dienone is 2. The summed E-state index contributed by atoms with van der Waals surface area (Å²) in [6.07, 6.45) is 5.82. The molecule has 0 aliphatic rings. The maximum atomic E-state index is 2.32. The van der Waals surface area contributed by atoms with E-state index in [1.807, 2.05) is 0 Å². The fourth-order valence-electron chi connectivity index (χ4n) is 0.571. The van der Waals surface area contributed by atoms with Crippen molar-refractivity contribution < 1.29 is 0 Å². The van der Waals surface area contributed by atoms with E-state index < -0.39 is 0 Å². The van der Waals surface area contributed by atoms with Gasteiger partial charge in [0.2, 0.25) is 0 Å². The molecule has 0 bridgehead atoms. The quantitative estimate of drug-likeness (QED) is 0.525. The molecule has 0 nitrogen and oxygen atoms in total. The van der Waals surface area contributed by atoms with Crippen molar-refractivity contribution in [3.63, 3.8) is 0 Å². The average molecular weight is 140 g/mol. The standard InChI is InChI=1S/C10H20/c1-6-10(4,5)8-7-9(2)3/h7-9H,6H2,1-5H3/b8-7-. The normalized spacial score (nSPS) is 13.4. The summed E-state index contributed by atoms with van der Waals surface area (Å²) in [5, 5.41) is 0. The molecular weight excluding hydrogens is 120 g/mol. The molecule has 0 atom stereocenters. The second-order valence-corrected chi connectivity index (χ2v) is 3.95. The molecule has 0 unspecified atom stereocenters. The van der Waals surface area contributed by atoms with E-state index in [1.54, 1.807) is 0 Å². The second-order valence-electron chi connectivity index (χ2n) is 3.95. The number of hydrogen-bond donors (Lipinski definition) is 0. The summed E-state index contributed by atoms with van der Waals surface area (Å²) >= 11 is 0. The molecule has 0 aliphatic heterocycles. The van der Waals surface area contributed by atoms with Crippen molar-refractivity contribution in [1.29, 1.82) is 0 Å². The van der Waals surface area contributed by atoms with Crippen LogP contribution in [-0.2, 0) is 0 Å². The van der Waals surface area contributed by atoms with Crippen LogP contribution in [-0.4, -0.2) is 0 Å². The monoisotopic (exact) mass is 140 g/mol. The van der Waals surface area contributed by atoms with Crippen LogP contribution < -0.4 is 0 Å². The SMILES string of the molecule is CCC(C)(C)/C=C\C(C)C. The summed E-state index contributed by atoms with van der Waals surface area (Å²) in [7, 11) is 0. The Bertz CT molecular complexity index is 107. The summed E-state index contributed by atoms with van der Waals surface area (Å²) in [6.45, 7) is 11.2. The summed E-state index contributed by atoms with van der Waals surface area (Å²) in [4.78, 5) is 0. The van der Waals surface area contributed by atoms with Gasteiger partial charge < -0.3 is 0 Å². The third-order valence-electron chi connectivity index (χ3n) is 1.84. The smallest absolute Gasteiger partial charge is 0.0177 e. The molecule has 0 aromatic rings. The Morgan fingerprint density at radius 1 is 1.30 bits per heavy atom. The van der Waals surface area contributed by atoms with Crippen LogP contribution in [0.5, 0.6) is 0 Å². The highest BCUT2D eigenvalue weighted by Gasteiger charge is 2.08. The molecule has 0 rings (SSSR count). The van der Waals surface area contributed by atoms with Crippen molar-refractivity contribution in [2.45, 2.75) is 41.0 Å². The van der Waals surface area contributed by atoms with Gasteiger partial charge in [0.1, 0.15) is 0 Å². The molecule has 0 amide bonds. The van der Waals surface area contributed by atoms with Crippen molar-refractivity contribution in [3.05, 3.63) is 12.2 Å². The fourth-order valence-corrected chi connectivity index (χ4v) is 0.571. The second kappa shape index (κ2) is 3.80. The Morgan fingerprint density at radius 2 is 1.80 bits per heavy atom. The van der Waals surface area contributed by atoms with Crippen LogP contribution in [0, 0.1) is 11.3 Å². The van der Waals surface area contributed by atoms with Gasteiger partial charge in [0.25, 0.3) is 0 Å². The predicted molar refractivity (Wildman–Crippen MR) is 48.1 cm³/mol. The average Bonchev–Trinajstić information content (AvgIpc) is 1.85. The molecule has 0 aromatic heterocycles. The highest BCUT2D eigenvalue weighted by atomic mass is 14.1. The van der Waals surface area contributed by atoms with E-state index >= 15 is 0 Å². The summed E-state index contributed by atoms with van der Waals surface area (Å²) in [5.41, 5.74) is 0.393. The van der Waals surface area contributed by atoms with Crippen LogP contribution in [0.1, 0.15) is 41.0 Å². The largest absolute Gasteiger partial charge is 0.0854 e. The van der Waals surface area contributed by atoms with Gasteiger partial charge >= 0.3 is 0 Å². The summed E-state index contributed by atoms with van der Waals surface area (Å²) in [6, 6.07) is 0. The number of rotatable bonds is 3. The molecule has 10 heavy (non-hydrogen) atoms. The van der Waals surface area contributed by atoms with E-state index in [0.717, 1.165) is 0 Å². The van der Waals surface area contributed by atoms with Crippen LogP contribution in [0.3, 0.4) is 0 Å². The van der Waals surface area contributed by atoms with E-state index in [9.17, 15) is 0 Å². The van der Waals surface area contributed by atoms with Gasteiger partial charge in [-0.3, -0.25) is 0 Å². The van der Waals surface area contributed by atoms with Crippen LogP contribution in [0.2, 0.25) is 0 Å². The molecule has 0 spiro atoms. The minimum Gasteiger partial charge on any atom is -0.0854 e. The Balaban J connectivity index is 3.86. The molecule has 0 aromatic carbocycles. The van der Waals surface area contributed by atoms with Gasteiger partial charge in [0, 0.05) is 0 Å². The predicted octanol–water partition coefficient (Wildman–Crippen LogP) is 3.63. The van der Waals surface area contributed by atoms with E-state index in [-0.39, 0.29) is 0 Å². The van der Waals surface area contributed by atoms with E-state index in [2.05, 4.69) is 46.8 Å². The Hall–Kier alpha value is -0.260. The molecule has 0 heterocycles. The van der Waals surface area contributed by atoms with Crippen LogP contribution >= 0.6 is 0 Å². The number of hydrogen-bond acceptors (Lipinski definition) is 0. The Morgan fingerprint density at radius 3 is 2.10 bits per heavy atom. The van der Waals surface area contributed by atoms with Gasteiger partial charge in [0.05, 0.1) is 0 Å². The molecule has 0 saturated carbocycles. The lowest BCUT2D eigenvalue weighted by Gasteiger charge is -2.17. The molecule has 0 radical (unpaired) electrons. The lowest BCUT2D eigenvalue weighted by Crippen LogP contribution is -2.04. The van der Waals surface area contributed by atoms with Crippen LogP contribution in [0.15, 0.2) is 12.2 Å². The van der Waals surface area contributed by atoms with Crippen molar-refractivity contribution in [2.75, 3.05) is 0 Å². The molecule has 0 N–H and O–H groups in total. The molecular formula is C10H20. The van der Waals surface area contributed by atoms with Gasteiger partial charge in [-0.05, 0) is 17.8 Å². The molecule has 0 saturated heterocycles. The molecule has 60 valence electrons. The van der Waals surface area contributed by atoms with Crippen LogP contribution in [0.25, 0.3) is 0 Å². The first-order chi connectivity index (χ1) is 4.48. The van der Waals surface area contributed by atoms with Crippen molar-refractivity contribution >= 4 is 0 Å². The highest BCUT2D eigenvalue weighted by Crippen LogP contribution is 2.21. The zero-order chi connectivity index (χ0) is 8.20. The lowest BCUT2D eigenvalue weighted by atomic mass is 9.89. The van der Waals surface area contributed by atoms with Gasteiger partial charge in [-0.15, -0.1) is 0 Å². The maximum absolute atomic E-state index is 2.32. The molecule has 0 heteroatoms. The van der Waals surface area contributed by atoms with Gasteiger partial charge in [0.15, 0.2) is 0 Å². The molecule has 0 fully saturated rings. The first kappa shape index (κ1) is 9.74. The van der Waals surface area contributed by atoms with Crippen molar-refractivity contribution in [3.8, 4) is 0 Å². The lowest BCUT2D eigenvalue weighted by molar-refractivity contribution is 0.459. The third-order valence-corrected chi connectivity index (χ3v) is 1.84. The summed E-state index contributed by atoms with van der Waals surface area (Å²) in [5.74, 6) is 0.686. The minimum absolute atomic E-state index is 0.393. The zero-order valence-electron chi connectivity index (χ0n) is 7.94. The first-order valence-corrected chi connectivity index (χ1v) is 4.17. The highest BCUT2D eigenvalue weighted by molar-refractivity contribution is 4.95. The zero-order valence-corrected chi connectivity index (χ0v) is 7.94. The Kier molecular flexibility index (Phi) is 3.70. The third kappa shape index (κ3) is 4.60. The van der Waals surface area contributed by atoms with E-state index in [4.69, 9.17) is 0 Å². The Labute approximate surface area is 65.3 Å². The van der Waals surface area contributed by atoms with Gasteiger partial charge in [-0.2, -0.15) is 0 Å². The van der Waals surface area contributed by atoms with Crippen molar-refractivity contribution in [2.24, 2.45) is 11.3 Å². The van der Waals surface area contributed by atoms with Crippen LogP contribution in [0.4, 0.5) is 0 Å². The van der Waals surface area contributed by atoms with E-state index in [1.165, 1.54) is 6.42 Å². The molecule has 0 aliphatic carbocycles. The van der Waals surface area contributed by atoms with E-state index in [0.29, 0.717) is 11.3 Å². The maximum Gasteiger partial charge on any atom is -0.0177 e. The fraction of sp³-hybridized carbons (Fsp3) is 0.800. The summed E-state index contributed by atoms with van der Waals surface area (Å²) < 4.78 is 0. The van der Waals surface area contributed by atoms with Gasteiger partial charge in [-0.1, -0.05) is 46.8 Å². The minimum atomic E-state index is 0.393. The van der Waals surface area contributed by atoms with Gasteiger partial charge in [-0.25, -0.2) is 0 Å².